The highest BCUT2D eigenvalue weighted by Crippen LogP contribution is 2.19. The predicted octanol–water partition coefficient (Wildman–Crippen LogP) is 1.49. The number of amides is 1. The molecule has 0 aliphatic carbocycles. The molecule has 156 valence electrons. The molecule has 1 heterocycles. The molecule has 0 spiro atoms. The van der Waals surface area contributed by atoms with E-state index in [4.69, 9.17) is 14.2 Å². The second-order valence-corrected chi connectivity index (χ2v) is 8.26. The van der Waals surface area contributed by atoms with E-state index < -0.39 is 34.2 Å². The lowest BCUT2D eigenvalue weighted by Gasteiger charge is -2.25. The molecule has 2 atom stereocenters. The van der Waals surface area contributed by atoms with Gasteiger partial charge in [0, 0.05) is 0 Å². The van der Waals surface area contributed by atoms with Crippen LogP contribution in [0.4, 0.5) is 4.79 Å². The second-order valence-electron chi connectivity index (χ2n) is 6.39. The van der Waals surface area contributed by atoms with E-state index in [0.29, 0.717) is 18.6 Å². The Bertz CT molecular complexity index is 754. The van der Waals surface area contributed by atoms with Gasteiger partial charge in [-0.3, -0.25) is 9.69 Å². The topological polar surface area (TPSA) is 111 Å². The van der Waals surface area contributed by atoms with Crippen LogP contribution in [0, 0.1) is 0 Å². The Morgan fingerprint density at radius 3 is 2.71 bits per heavy atom. The van der Waals surface area contributed by atoms with Gasteiger partial charge in [-0.2, -0.15) is 0 Å². The standard InChI is InChI=1S/C18H26N2O7S/c1-3-4-10-28(23,24)19-16(17(21)25-2)11-14-12-26-18(22)20(14)13-27-15-8-6-5-7-9-15/h5-9,14,16,19H,3-4,10-13H2,1-2H3. The zero-order chi connectivity index (χ0) is 20.6. The van der Waals surface area contributed by atoms with Crippen LogP contribution in [-0.2, 0) is 24.3 Å². The maximum atomic E-state index is 12.2. The van der Waals surface area contributed by atoms with Crippen LogP contribution in [0.2, 0.25) is 0 Å². The summed E-state index contributed by atoms with van der Waals surface area (Å²) in [5.74, 6) is -0.230. The number of hydrogen-bond donors (Lipinski definition) is 1. The summed E-state index contributed by atoms with van der Waals surface area (Å²) in [6.07, 6.45) is 0.616. The summed E-state index contributed by atoms with van der Waals surface area (Å²) >= 11 is 0. The quantitative estimate of drug-likeness (QED) is 0.546. The first-order valence-electron chi connectivity index (χ1n) is 9.05. The first-order valence-corrected chi connectivity index (χ1v) is 10.7. The molecule has 28 heavy (non-hydrogen) atoms. The number of rotatable bonds is 11. The number of carbonyl (C=O) groups excluding carboxylic acids is 2. The largest absolute Gasteiger partial charge is 0.473 e. The fourth-order valence-corrected chi connectivity index (χ4v) is 4.13. The number of carbonyl (C=O) groups is 2. The van der Waals surface area contributed by atoms with Crippen molar-refractivity contribution in [3.8, 4) is 5.75 Å². The minimum absolute atomic E-state index is 0.0158. The van der Waals surface area contributed by atoms with E-state index in [1.54, 1.807) is 24.3 Å². The summed E-state index contributed by atoms with van der Waals surface area (Å²) in [7, 11) is -2.47. The molecule has 1 aliphatic rings. The van der Waals surface area contributed by atoms with E-state index in [1.807, 2.05) is 13.0 Å². The minimum atomic E-state index is -3.65. The van der Waals surface area contributed by atoms with Crippen LogP contribution >= 0.6 is 0 Å². The number of sulfonamides is 1. The van der Waals surface area contributed by atoms with Gasteiger partial charge in [-0.15, -0.1) is 0 Å². The van der Waals surface area contributed by atoms with Crippen LogP contribution in [0.1, 0.15) is 26.2 Å². The average Bonchev–Trinajstić information content (AvgIpc) is 3.03. The summed E-state index contributed by atoms with van der Waals surface area (Å²) in [6.45, 7) is 1.82. The SMILES string of the molecule is CCCCS(=O)(=O)NC(CC1COC(=O)N1COc1ccccc1)C(=O)OC. The van der Waals surface area contributed by atoms with E-state index in [-0.39, 0.29) is 25.5 Å². The highest BCUT2D eigenvalue weighted by molar-refractivity contribution is 7.89. The molecule has 1 aliphatic heterocycles. The predicted molar refractivity (Wildman–Crippen MR) is 101 cm³/mol. The minimum Gasteiger partial charge on any atom is -0.473 e. The van der Waals surface area contributed by atoms with Gasteiger partial charge in [0.25, 0.3) is 0 Å². The Hall–Kier alpha value is -2.33. The van der Waals surface area contributed by atoms with Crippen molar-refractivity contribution in [2.75, 3.05) is 26.2 Å². The number of ether oxygens (including phenoxy) is 3. The molecule has 10 heteroatoms. The van der Waals surface area contributed by atoms with Gasteiger partial charge < -0.3 is 14.2 Å². The summed E-state index contributed by atoms with van der Waals surface area (Å²) in [5.41, 5.74) is 0. The Labute approximate surface area is 165 Å². The molecule has 0 bridgehead atoms. The van der Waals surface area contributed by atoms with Crippen LogP contribution < -0.4 is 9.46 Å². The lowest BCUT2D eigenvalue weighted by atomic mass is 10.1. The molecule has 1 N–H and O–H groups in total. The molecule has 1 fully saturated rings. The Kier molecular flexibility index (Phi) is 8.06. The third-order valence-corrected chi connectivity index (χ3v) is 5.74. The molecule has 0 radical (unpaired) electrons. The molecule has 9 nitrogen and oxygen atoms in total. The molecule has 1 amide bonds. The Balaban J connectivity index is 2.04. The van der Waals surface area contributed by atoms with Crippen molar-refractivity contribution in [2.24, 2.45) is 0 Å². The monoisotopic (exact) mass is 414 g/mol. The highest BCUT2D eigenvalue weighted by Gasteiger charge is 2.38. The zero-order valence-corrected chi connectivity index (χ0v) is 16.8. The number of unbranched alkanes of at least 4 members (excludes halogenated alkanes) is 1. The number of esters is 1. The Morgan fingerprint density at radius 1 is 1.36 bits per heavy atom. The first kappa shape index (κ1) is 22.0. The van der Waals surface area contributed by atoms with Crippen molar-refractivity contribution in [3.05, 3.63) is 30.3 Å². The lowest BCUT2D eigenvalue weighted by Crippen LogP contribution is -2.48. The van der Waals surface area contributed by atoms with Crippen molar-refractivity contribution < 1.29 is 32.2 Å². The third kappa shape index (κ3) is 6.38. The number of nitrogens with zero attached hydrogens (tertiary/aromatic N) is 1. The smallest absolute Gasteiger partial charge is 0.412 e. The van der Waals surface area contributed by atoms with Gasteiger partial charge in [-0.05, 0) is 25.0 Å². The lowest BCUT2D eigenvalue weighted by molar-refractivity contribution is -0.143. The normalized spacial score (nSPS) is 17.9. The molecular weight excluding hydrogens is 388 g/mol. The van der Waals surface area contributed by atoms with Crippen molar-refractivity contribution in [3.63, 3.8) is 0 Å². The zero-order valence-electron chi connectivity index (χ0n) is 16.0. The summed E-state index contributed by atoms with van der Waals surface area (Å²) < 4.78 is 42.1. The van der Waals surface area contributed by atoms with E-state index in [1.165, 1.54) is 12.0 Å². The van der Waals surface area contributed by atoms with Crippen LogP contribution in [0.5, 0.6) is 5.75 Å². The molecule has 2 rings (SSSR count). The summed E-state index contributed by atoms with van der Waals surface area (Å²) in [5, 5.41) is 0. The van der Waals surface area contributed by atoms with Gasteiger partial charge in [-0.1, -0.05) is 31.5 Å². The van der Waals surface area contributed by atoms with Crippen molar-refractivity contribution in [1.82, 2.24) is 9.62 Å². The second kappa shape index (κ2) is 10.3. The number of benzene rings is 1. The number of cyclic esters (lactones) is 1. The fraction of sp³-hybridized carbons (Fsp3) is 0.556. The number of hydrogen-bond acceptors (Lipinski definition) is 7. The number of para-hydroxylation sites is 1. The number of methoxy groups -OCH3 is 1. The van der Waals surface area contributed by atoms with Crippen molar-refractivity contribution in [1.29, 1.82) is 0 Å². The fourth-order valence-electron chi connectivity index (χ4n) is 2.72. The maximum absolute atomic E-state index is 12.2. The molecule has 1 saturated heterocycles. The molecular formula is C18H26N2O7S. The molecule has 0 saturated carbocycles. The highest BCUT2D eigenvalue weighted by atomic mass is 32.2. The number of nitrogens with one attached hydrogen (secondary N) is 1. The van der Waals surface area contributed by atoms with Crippen molar-refractivity contribution in [2.45, 2.75) is 38.3 Å². The van der Waals surface area contributed by atoms with Crippen LogP contribution in [-0.4, -0.2) is 63.7 Å². The Morgan fingerprint density at radius 2 is 2.07 bits per heavy atom. The van der Waals surface area contributed by atoms with Gasteiger partial charge >= 0.3 is 12.1 Å². The van der Waals surface area contributed by atoms with E-state index >= 15 is 0 Å². The average molecular weight is 414 g/mol. The van der Waals surface area contributed by atoms with Gasteiger partial charge in [0.1, 0.15) is 18.4 Å². The third-order valence-electron chi connectivity index (χ3n) is 4.27. The molecule has 1 aromatic rings. The van der Waals surface area contributed by atoms with E-state index in [0.717, 1.165) is 0 Å². The summed E-state index contributed by atoms with van der Waals surface area (Å²) in [4.78, 5) is 25.4. The maximum Gasteiger partial charge on any atom is 0.412 e. The van der Waals surface area contributed by atoms with Crippen LogP contribution in [0.25, 0.3) is 0 Å². The first-order chi connectivity index (χ1) is 13.4. The van der Waals surface area contributed by atoms with Gasteiger partial charge in [0.15, 0.2) is 6.73 Å². The van der Waals surface area contributed by atoms with E-state index in [2.05, 4.69) is 4.72 Å². The van der Waals surface area contributed by atoms with Crippen LogP contribution in [0.3, 0.4) is 0 Å². The van der Waals surface area contributed by atoms with Gasteiger partial charge in [0.05, 0.1) is 18.9 Å². The van der Waals surface area contributed by atoms with Crippen molar-refractivity contribution >= 4 is 22.1 Å². The van der Waals surface area contributed by atoms with Gasteiger partial charge in [-0.25, -0.2) is 17.9 Å². The van der Waals surface area contributed by atoms with Crippen LogP contribution in [0.15, 0.2) is 30.3 Å². The molecule has 0 aromatic heterocycles. The molecule has 1 aromatic carbocycles. The van der Waals surface area contributed by atoms with Gasteiger partial charge in [0.2, 0.25) is 10.0 Å². The summed E-state index contributed by atoms with van der Waals surface area (Å²) in [6, 6.07) is 7.27. The van der Waals surface area contributed by atoms with E-state index in [9.17, 15) is 18.0 Å². The molecule has 2 unspecified atom stereocenters.